The fourth-order valence-electron chi connectivity index (χ4n) is 0.736. The Bertz CT molecular complexity index is 263. The van der Waals surface area contributed by atoms with Crippen LogP contribution in [0.1, 0.15) is 6.92 Å². The first-order chi connectivity index (χ1) is 6.97. The maximum Gasteiger partial charge on any atom is 0.465 e. The van der Waals surface area contributed by atoms with Gasteiger partial charge in [-0.15, -0.1) is 0 Å². The zero-order valence-electron chi connectivity index (χ0n) is 9.63. The molecule has 0 aromatic rings. The van der Waals surface area contributed by atoms with Gasteiger partial charge in [-0.1, -0.05) is 0 Å². The standard InChI is InChI=1S/C7H16F3O4PSi/c1-5-12-15(11,14-16(2,3)4)13-6-7(8,9)10/h5-6H2,1-4H3. The fraction of sp³-hybridized carbons (Fsp3) is 1.00. The minimum atomic E-state index is -4.56. The second-order valence-electron chi connectivity index (χ2n) is 3.96. The van der Waals surface area contributed by atoms with Gasteiger partial charge in [0.05, 0.1) is 6.61 Å². The molecule has 0 aliphatic rings. The van der Waals surface area contributed by atoms with Crippen LogP contribution >= 0.6 is 7.82 Å². The third-order valence-corrected chi connectivity index (χ3v) is 5.16. The van der Waals surface area contributed by atoms with E-state index in [0.29, 0.717) is 0 Å². The van der Waals surface area contributed by atoms with Gasteiger partial charge < -0.3 is 4.21 Å². The molecule has 0 fully saturated rings. The van der Waals surface area contributed by atoms with Gasteiger partial charge in [0.25, 0.3) is 0 Å². The van der Waals surface area contributed by atoms with Crippen LogP contribution in [0, 0.1) is 0 Å². The van der Waals surface area contributed by atoms with Gasteiger partial charge in [0.1, 0.15) is 0 Å². The van der Waals surface area contributed by atoms with Crippen LogP contribution in [0.15, 0.2) is 0 Å². The summed E-state index contributed by atoms with van der Waals surface area (Å²) in [6.45, 7) is 4.84. The Morgan fingerprint density at radius 2 is 1.69 bits per heavy atom. The van der Waals surface area contributed by atoms with Crippen LogP contribution in [0.5, 0.6) is 0 Å². The van der Waals surface area contributed by atoms with E-state index in [0.717, 1.165) is 0 Å². The molecule has 0 heterocycles. The highest BCUT2D eigenvalue weighted by Gasteiger charge is 2.38. The number of rotatable bonds is 6. The molecule has 0 rings (SSSR count). The molecular formula is C7H16F3O4PSi. The number of phosphoric ester groups is 1. The van der Waals surface area contributed by atoms with Crippen LogP contribution in [0.4, 0.5) is 13.2 Å². The number of halogens is 3. The molecule has 0 bridgehead atoms. The number of hydrogen-bond donors (Lipinski definition) is 0. The first-order valence-corrected chi connectivity index (χ1v) is 9.51. The highest BCUT2D eigenvalue weighted by atomic mass is 31.2. The van der Waals surface area contributed by atoms with Crippen LogP contribution in [0.25, 0.3) is 0 Å². The van der Waals surface area contributed by atoms with Gasteiger partial charge in [0.2, 0.25) is 0 Å². The van der Waals surface area contributed by atoms with Crippen molar-refractivity contribution in [1.82, 2.24) is 0 Å². The molecular weight excluding hydrogens is 264 g/mol. The van der Waals surface area contributed by atoms with Crippen LogP contribution in [-0.2, 0) is 17.8 Å². The van der Waals surface area contributed by atoms with Crippen molar-refractivity contribution < 1.29 is 31.0 Å². The number of phosphoric acid groups is 1. The van der Waals surface area contributed by atoms with E-state index >= 15 is 0 Å². The largest absolute Gasteiger partial charge is 0.465 e. The van der Waals surface area contributed by atoms with Crippen molar-refractivity contribution in [3.8, 4) is 0 Å². The summed E-state index contributed by atoms with van der Waals surface area (Å²) in [6.07, 6.45) is -4.56. The summed E-state index contributed by atoms with van der Waals surface area (Å²) < 4.78 is 61.4. The Morgan fingerprint density at radius 3 is 2.00 bits per heavy atom. The number of hydrogen-bond acceptors (Lipinski definition) is 4. The molecule has 0 N–H and O–H groups in total. The first-order valence-electron chi connectivity index (χ1n) is 4.64. The maximum atomic E-state index is 11.9. The molecule has 4 nitrogen and oxygen atoms in total. The van der Waals surface area contributed by atoms with Gasteiger partial charge in [-0.05, 0) is 26.6 Å². The number of alkyl halides is 3. The van der Waals surface area contributed by atoms with Gasteiger partial charge in [0.15, 0.2) is 14.9 Å². The third kappa shape index (κ3) is 8.29. The summed E-state index contributed by atoms with van der Waals surface area (Å²) in [6, 6.07) is 0. The highest BCUT2D eigenvalue weighted by molar-refractivity contribution is 7.50. The van der Waals surface area contributed by atoms with Crippen molar-refractivity contribution >= 4 is 16.1 Å². The van der Waals surface area contributed by atoms with E-state index in [1.54, 1.807) is 19.6 Å². The quantitative estimate of drug-likeness (QED) is 0.551. The highest BCUT2D eigenvalue weighted by Crippen LogP contribution is 2.52. The van der Waals surface area contributed by atoms with E-state index in [9.17, 15) is 17.7 Å². The molecule has 9 heteroatoms. The van der Waals surface area contributed by atoms with Crippen molar-refractivity contribution in [3.63, 3.8) is 0 Å². The van der Waals surface area contributed by atoms with Crippen molar-refractivity contribution in [3.05, 3.63) is 0 Å². The van der Waals surface area contributed by atoms with Crippen LogP contribution < -0.4 is 0 Å². The molecule has 0 aliphatic heterocycles. The van der Waals surface area contributed by atoms with Crippen LogP contribution in [-0.4, -0.2) is 27.7 Å². The van der Waals surface area contributed by atoms with Crippen molar-refractivity contribution in [1.29, 1.82) is 0 Å². The molecule has 0 amide bonds. The van der Waals surface area contributed by atoms with Crippen LogP contribution in [0.2, 0.25) is 19.6 Å². The lowest BCUT2D eigenvalue weighted by Gasteiger charge is -2.24. The summed E-state index contributed by atoms with van der Waals surface area (Å²) in [5, 5.41) is 0. The normalized spacial score (nSPS) is 17.2. The average molecular weight is 280 g/mol. The molecule has 0 aliphatic carbocycles. The van der Waals surface area contributed by atoms with E-state index in [2.05, 4.69) is 9.05 Å². The van der Waals surface area contributed by atoms with Crippen LogP contribution in [0.3, 0.4) is 0 Å². The summed E-state index contributed by atoms with van der Waals surface area (Å²) in [5.41, 5.74) is 0. The molecule has 0 aromatic heterocycles. The minimum Gasteiger partial charge on any atom is -0.330 e. The first kappa shape index (κ1) is 16.1. The summed E-state index contributed by atoms with van der Waals surface area (Å²) >= 11 is 0. The predicted molar refractivity (Wildman–Crippen MR) is 55.7 cm³/mol. The van der Waals surface area contributed by atoms with Crippen molar-refractivity contribution in [2.45, 2.75) is 32.7 Å². The van der Waals surface area contributed by atoms with Gasteiger partial charge >= 0.3 is 14.0 Å². The summed E-state index contributed by atoms with van der Waals surface area (Å²) in [5.74, 6) is 0. The van der Waals surface area contributed by atoms with Gasteiger partial charge in [0, 0.05) is 0 Å². The lowest BCUT2D eigenvalue weighted by molar-refractivity contribution is -0.157. The van der Waals surface area contributed by atoms with E-state index < -0.39 is 28.9 Å². The molecule has 1 atom stereocenters. The molecule has 0 radical (unpaired) electrons. The SMILES string of the molecule is CCOP(=O)(OCC(F)(F)F)O[Si](C)(C)C. The lowest BCUT2D eigenvalue weighted by Crippen LogP contribution is -2.26. The zero-order chi connectivity index (χ0) is 13.0. The molecule has 16 heavy (non-hydrogen) atoms. The minimum absolute atomic E-state index is 0.0420. The zero-order valence-corrected chi connectivity index (χ0v) is 11.5. The second kappa shape index (κ2) is 5.64. The van der Waals surface area contributed by atoms with Crippen molar-refractivity contribution in [2.75, 3.05) is 13.2 Å². The predicted octanol–water partition coefficient (Wildman–Crippen LogP) is 3.56. The Hall–Kier alpha value is 0.117. The Morgan fingerprint density at radius 1 is 1.19 bits per heavy atom. The molecule has 0 saturated carbocycles. The van der Waals surface area contributed by atoms with Gasteiger partial charge in [-0.25, -0.2) is 4.57 Å². The summed E-state index contributed by atoms with van der Waals surface area (Å²) in [4.78, 5) is 0. The Balaban J connectivity index is 4.52. The molecule has 1 unspecified atom stereocenters. The molecule has 0 saturated heterocycles. The van der Waals surface area contributed by atoms with E-state index in [-0.39, 0.29) is 6.61 Å². The molecule has 0 spiro atoms. The van der Waals surface area contributed by atoms with Gasteiger partial charge in [-0.3, -0.25) is 9.05 Å². The third-order valence-electron chi connectivity index (χ3n) is 1.06. The maximum absolute atomic E-state index is 11.9. The molecule has 98 valence electrons. The molecule has 0 aromatic carbocycles. The van der Waals surface area contributed by atoms with Crippen molar-refractivity contribution in [2.24, 2.45) is 0 Å². The van der Waals surface area contributed by atoms with E-state index in [1.807, 2.05) is 0 Å². The Kier molecular flexibility index (Phi) is 5.68. The summed E-state index contributed by atoms with van der Waals surface area (Å²) in [7, 11) is -6.40. The fourth-order valence-corrected chi connectivity index (χ4v) is 4.54. The van der Waals surface area contributed by atoms with E-state index in [4.69, 9.17) is 4.21 Å². The lowest BCUT2D eigenvalue weighted by atomic mass is 10.7. The Labute approximate surface area is 93.8 Å². The van der Waals surface area contributed by atoms with E-state index in [1.165, 1.54) is 6.92 Å². The topological polar surface area (TPSA) is 44.8 Å². The van der Waals surface area contributed by atoms with Gasteiger partial charge in [-0.2, -0.15) is 13.2 Å². The smallest absolute Gasteiger partial charge is 0.330 e. The second-order valence-corrected chi connectivity index (χ2v) is 10.3. The average Bonchev–Trinajstić information content (AvgIpc) is 1.96. The monoisotopic (exact) mass is 280 g/mol.